The fourth-order valence-electron chi connectivity index (χ4n) is 0.661. The van der Waals surface area contributed by atoms with Gasteiger partial charge < -0.3 is 4.74 Å². The summed E-state index contributed by atoms with van der Waals surface area (Å²) in [5, 5.41) is 0.802. The van der Waals surface area contributed by atoms with Crippen LogP contribution in [0.25, 0.3) is 0 Å². The zero-order valence-corrected chi connectivity index (χ0v) is 10.9. The van der Waals surface area contributed by atoms with Crippen LogP contribution < -0.4 is 4.72 Å². The van der Waals surface area contributed by atoms with Crippen molar-refractivity contribution in [2.24, 2.45) is 0 Å². The highest BCUT2D eigenvalue weighted by atomic mass is 79.9. The van der Waals surface area contributed by atoms with Gasteiger partial charge in [-0.25, -0.2) is 4.72 Å². The van der Waals surface area contributed by atoms with Gasteiger partial charge >= 0.3 is 0 Å². The monoisotopic (exact) mass is 288 g/mol. The standard InChI is InChI=1S/C7H17BrN2O3S/c1-10(2)14(11,12)9-5-3-6-13-7-4-8/h9H,3-7H2,1-2H3. The lowest BCUT2D eigenvalue weighted by Crippen LogP contribution is -2.36. The summed E-state index contributed by atoms with van der Waals surface area (Å²) in [6, 6.07) is 0. The van der Waals surface area contributed by atoms with Gasteiger partial charge in [0.05, 0.1) is 6.61 Å². The molecule has 0 aliphatic heterocycles. The van der Waals surface area contributed by atoms with Crippen molar-refractivity contribution in [1.82, 2.24) is 9.03 Å². The van der Waals surface area contributed by atoms with E-state index in [-0.39, 0.29) is 0 Å². The van der Waals surface area contributed by atoms with Crippen molar-refractivity contribution >= 4 is 26.1 Å². The molecule has 0 amide bonds. The van der Waals surface area contributed by atoms with Crippen molar-refractivity contribution in [3.05, 3.63) is 0 Å². The van der Waals surface area contributed by atoms with Gasteiger partial charge in [-0.3, -0.25) is 0 Å². The maximum Gasteiger partial charge on any atom is 0.278 e. The lowest BCUT2D eigenvalue weighted by atomic mass is 10.5. The molecule has 86 valence electrons. The summed E-state index contributed by atoms with van der Waals surface area (Å²) in [7, 11) is -0.293. The molecular formula is C7H17BrN2O3S. The molecule has 7 heteroatoms. The van der Waals surface area contributed by atoms with Crippen molar-refractivity contribution in [2.75, 3.05) is 39.2 Å². The molecule has 1 N–H and O–H groups in total. The molecule has 0 aliphatic carbocycles. The van der Waals surface area contributed by atoms with Crippen LogP contribution >= 0.6 is 15.9 Å². The van der Waals surface area contributed by atoms with Gasteiger partial charge in [0, 0.05) is 32.6 Å². The Balaban J connectivity index is 3.46. The van der Waals surface area contributed by atoms with Gasteiger partial charge in [0.2, 0.25) is 0 Å². The number of nitrogens with one attached hydrogen (secondary N) is 1. The summed E-state index contributed by atoms with van der Waals surface area (Å²) in [6.07, 6.45) is 0.681. The van der Waals surface area contributed by atoms with Crippen molar-refractivity contribution in [2.45, 2.75) is 6.42 Å². The number of hydrogen-bond donors (Lipinski definition) is 1. The highest BCUT2D eigenvalue weighted by molar-refractivity contribution is 9.09. The lowest BCUT2D eigenvalue weighted by Gasteiger charge is -2.11. The Hall–Kier alpha value is 0.310. The highest BCUT2D eigenvalue weighted by Crippen LogP contribution is 1.89. The quantitative estimate of drug-likeness (QED) is 0.512. The van der Waals surface area contributed by atoms with E-state index < -0.39 is 10.2 Å². The van der Waals surface area contributed by atoms with Crippen molar-refractivity contribution in [3.8, 4) is 0 Å². The first-order chi connectivity index (χ1) is 6.50. The second kappa shape index (κ2) is 7.58. The van der Waals surface area contributed by atoms with Crippen LogP contribution in [0.3, 0.4) is 0 Å². The third-order valence-corrected chi connectivity index (χ3v) is 3.31. The zero-order valence-electron chi connectivity index (χ0n) is 8.49. The molecule has 0 saturated heterocycles. The predicted octanol–water partition coefficient (Wildman–Crippen LogP) is 0.184. The molecule has 0 radical (unpaired) electrons. The van der Waals surface area contributed by atoms with E-state index in [0.717, 1.165) is 9.64 Å². The minimum Gasteiger partial charge on any atom is -0.381 e. The number of alkyl halides is 1. The second-order valence-electron chi connectivity index (χ2n) is 2.84. The van der Waals surface area contributed by atoms with Gasteiger partial charge in [0.25, 0.3) is 10.2 Å². The average Bonchev–Trinajstić information content (AvgIpc) is 2.10. The molecule has 0 heterocycles. The summed E-state index contributed by atoms with van der Waals surface area (Å²) in [4.78, 5) is 0. The van der Waals surface area contributed by atoms with Crippen LogP contribution in [0.5, 0.6) is 0 Å². The van der Waals surface area contributed by atoms with E-state index in [1.165, 1.54) is 14.1 Å². The molecule has 0 unspecified atom stereocenters. The van der Waals surface area contributed by atoms with E-state index in [0.29, 0.717) is 26.2 Å². The van der Waals surface area contributed by atoms with Crippen LogP contribution in [0.4, 0.5) is 0 Å². The van der Waals surface area contributed by atoms with Crippen LogP contribution in [0.15, 0.2) is 0 Å². The second-order valence-corrected chi connectivity index (χ2v) is 5.60. The Morgan fingerprint density at radius 2 is 2.00 bits per heavy atom. The van der Waals surface area contributed by atoms with Gasteiger partial charge in [-0.15, -0.1) is 0 Å². The molecule has 0 rings (SSSR count). The SMILES string of the molecule is CN(C)S(=O)(=O)NCCCOCCBr. The largest absolute Gasteiger partial charge is 0.381 e. The molecule has 0 aliphatic rings. The van der Waals surface area contributed by atoms with E-state index in [2.05, 4.69) is 20.7 Å². The molecule has 5 nitrogen and oxygen atoms in total. The topological polar surface area (TPSA) is 58.6 Å². The first-order valence-corrected chi connectivity index (χ1v) is 6.87. The minimum atomic E-state index is -3.27. The third-order valence-electron chi connectivity index (χ3n) is 1.45. The molecule has 0 spiro atoms. The molecule has 0 bridgehead atoms. The Morgan fingerprint density at radius 3 is 2.50 bits per heavy atom. The fourth-order valence-corrected chi connectivity index (χ4v) is 1.55. The molecule has 0 aromatic carbocycles. The van der Waals surface area contributed by atoms with E-state index in [9.17, 15) is 8.42 Å². The Morgan fingerprint density at radius 1 is 1.36 bits per heavy atom. The minimum absolute atomic E-state index is 0.406. The lowest BCUT2D eigenvalue weighted by molar-refractivity contribution is 0.149. The van der Waals surface area contributed by atoms with Crippen LogP contribution in [-0.2, 0) is 14.9 Å². The molecule has 14 heavy (non-hydrogen) atoms. The first kappa shape index (κ1) is 14.3. The van der Waals surface area contributed by atoms with Crippen molar-refractivity contribution in [3.63, 3.8) is 0 Å². The van der Waals surface area contributed by atoms with Gasteiger partial charge in [0.1, 0.15) is 0 Å². The number of ether oxygens (including phenoxy) is 1. The molecule has 0 saturated carbocycles. The van der Waals surface area contributed by atoms with Crippen LogP contribution in [0.1, 0.15) is 6.42 Å². The summed E-state index contributed by atoms with van der Waals surface area (Å²) in [5.74, 6) is 0. The molecular weight excluding hydrogens is 272 g/mol. The van der Waals surface area contributed by atoms with E-state index in [1.54, 1.807) is 0 Å². The highest BCUT2D eigenvalue weighted by Gasteiger charge is 2.10. The molecule has 0 atom stereocenters. The smallest absolute Gasteiger partial charge is 0.278 e. The summed E-state index contributed by atoms with van der Waals surface area (Å²) < 4.78 is 31.1. The summed E-state index contributed by atoms with van der Waals surface area (Å²) in [6.45, 7) is 1.63. The number of nitrogens with zero attached hydrogens (tertiary/aromatic N) is 1. The third kappa shape index (κ3) is 6.72. The maximum atomic E-state index is 11.2. The zero-order chi connectivity index (χ0) is 11.0. The number of hydrogen-bond acceptors (Lipinski definition) is 3. The number of rotatable bonds is 8. The van der Waals surface area contributed by atoms with Gasteiger partial charge in [-0.05, 0) is 6.42 Å². The Kier molecular flexibility index (Phi) is 7.75. The van der Waals surface area contributed by atoms with E-state index >= 15 is 0 Å². The van der Waals surface area contributed by atoms with Crippen LogP contribution in [0.2, 0.25) is 0 Å². The normalized spacial score (nSPS) is 12.3. The van der Waals surface area contributed by atoms with Gasteiger partial charge in [0.15, 0.2) is 0 Å². The van der Waals surface area contributed by atoms with Gasteiger partial charge in [-0.2, -0.15) is 12.7 Å². The van der Waals surface area contributed by atoms with Crippen molar-refractivity contribution < 1.29 is 13.2 Å². The molecule has 0 aromatic heterocycles. The average molecular weight is 289 g/mol. The Bertz CT molecular complexity index is 231. The molecule has 0 fully saturated rings. The van der Waals surface area contributed by atoms with Gasteiger partial charge in [-0.1, -0.05) is 15.9 Å². The Labute approximate surface area is 94.1 Å². The summed E-state index contributed by atoms with van der Waals surface area (Å²) in [5.41, 5.74) is 0. The van der Waals surface area contributed by atoms with Crippen molar-refractivity contribution in [1.29, 1.82) is 0 Å². The van der Waals surface area contributed by atoms with E-state index in [4.69, 9.17) is 4.74 Å². The fraction of sp³-hybridized carbons (Fsp3) is 1.00. The first-order valence-electron chi connectivity index (χ1n) is 4.31. The number of halogens is 1. The van der Waals surface area contributed by atoms with Crippen LogP contribution in [-0.4, -0.2) is 51.9 Å². The summed E-state index contributed by atoms with van der Waals surface area (Å²) >= 11 is 3.23. The maximum absolute atomic E-state index is 11.2. The molecule has 0 aromatic rings. The predicted molar refractivity (Wildman–Crippen MR) is 59.8 cm³/mol. The van der Waals surface area contributed by atoms with E-state index in [1.807, 2.05) is 0 Å². The van der Waals surface area contributed by atoms with Crippen LogP contribution in [0, 0.1) is 0 Å².